The highest BCUT2D eigenvalue weighted by Crippen LogP contribution is 2.14. The molecule has 13 heavy (non-hydrogen) atoms. The Morgan fingerprint density at radius 3 is 2.85 bits per heavy atom. The molecule has 1 rings (SSSR count). The second-order valence-corrected chi connectivity index (χ2v) is 4.23. The average molecular weight is 195 g/mol. The van der Waals surface area contributed by atoms with Crippen molar-refractivity contribution >= 4 is 11.3 Å². The molecule has 4 heteroatoms. The fourth-order valence-electron chi connectivity index (χ4n) is 0.842. The zero-order valence-corrected chi connectivity index (χ0v) is 8.93. The van der Waals surface area contributed by atoms with E-state index in [-0.39, 0.29) is 0 Å². The number of hydrogen-bond donors (Lipinski definition) is 0. The Kier molecular flexibility index (Phi) is 3.02. The second kappa shape index (κ2) is 3.86. The van der Waals surface area contributed by atoms with Crippen LogP contribution in [0.1, 0.15) is 19.5 Å². The fourth-order valence-corrected chi connectivity index (χ4v) is 1.39. The van der Waals surface area contributed by atoms with Crippen molar-refractivity contribution in [3.63, 3.8) is 0 Å². The van der Waals surface area contributed by atoms with Crippen molar-refractivity contribution in [3.8, 4) is 6.07 Å². The highest BCUT2D eigenvalue weighted by Gasteiger charge is 2.22. The van der Waals surface area contributed by atoms with Gasteiger partial charge in [-0.25, -0.2) is 4.98 Å². The summed E-state index contributed by atoms with van der Waals surface area (Å²) in [7, 11) is 1.93. The summed E-state index contributed by atoms with van der Waals surface area (Å²) < 4.78 is 0. The summed E-state index contributed by atoms with van der Waals surface area (Å²) in [6, 6.07) is 2.26. The van der Waals surface area contributed by atoms with E-state index in [9.17, 15) is 0 Å². The molecule has 0 N–H and O–H groups in total. The monoisotopic (exact) mass is 195 g/mol. The highest BCUT2D eigenvalue weighted by atomic mass is 32.1. The van der Waals surface area contributed by atoms with Crippen LogP contribution in [0.25, 0.3) is 0 Å². The van der Waals surface area contributed by atoms with Gasteiger partial charge in [-0.3, -0.25) is 4.90 Å². The van der Waals surface area contributed by atoms with Gasteiger partial charge in [-0.1, -0.05) is 0 Å². The molecule has 0 bridgehead atoms. The van der Waals surface area contributed by atoms with E-state index < -0.39 is 5.54 Å². The molecule has 1 aromatic heterocycles. The van der Waals surface area contributed by atoms with Crippen LogP contribution >= 0.6 is 11.3 Å². The molecule has 0 radical (unpaired) electrons. The van der Waals surface area contributed by atoms with Gasteiger partial charge >= 0.3 is 0 Å². The Labute approximate surface area is 82.6 Å². The lowest BCUT2D eigenvalue weighted by atomic mass is 10.1. The van der Waals surface area contributed by atoms with E-state index in [1.807, 2.05) is 36.7 Å². The van der Waals surface area contributed by atoms with E-state index in [0.29, 0.717) is 0 Å². The first kappa shape index (κ1) is 10.2. The lowest BCUT2D eigenvalue weighted by Crippen LogP contribution is -2.39. The smallest absolute Gasteiger partial charge is 0.103 e. The van der Waals surface area contributed by atoms with E-state index in [0.717, 1.165) is 12.2 Å². The van der Waals surface area contributed by atoms with Crippen molar-refractivity contribution in [1.29, 1.82) is 5.26 Å². The van der Waals surface area contributed by atoms with E-state index in [1.165, 1.54) is 0 Å². The van der Waals surface area contributed by atoms with E-state index in [2.05, 4.69) is 11.1 Å². The van der Waals surface area contributed by atoms with Crippen molar-refractivity contribution in [3.05, 3.63) is 16.6 Å². The Morgan fingerprint density at radius 2 is 2.38 bits per heavy atom. The summed E-state index contributed by atoms with van der Waals surface area (Å²) in [4.78, 5) is 6.16. The lowest BCUT2D eigenvalue weighted by Gasteiger charge is -2.27. The summed E-state index contributed by atoms with van der Waals surface area (Å²) in [6.07, 6.45) is 0. The Bertz CT molecular complexity index is 297. The van der Waals surface area contributed by atoms with Gasteiger partial charge in [-0.05, 0) is 20.9 Å². The predicted octanol–water partition coefficient (Wildman–Crippen LogP) is 1.88. The number of rotatable bonds is 3. The molecule has 0 aliphatic rings. The molecule has 0 aliphatic heterocycles. The molecular weight excluding hydrogens is 182 g/mol. The van der Waals surface area contributed by atoms with Gasteiger partial charge in [0.15, 0.2) is 0 Å². The largest absolute Gasteiger partial charge is 0.283 e. The molecule has 0 spiro atoms. The van der Waals surface area contributed by atoms with Crippen LogP contribution < -0.4 is 0 Å². The first-order valence-electron chi connectivity index (χ1n) is 4.06. The summed E-state index contributed by atoms with van der Waals surface area (Å²) >= 11 is 1.58. The molecule has 0 saturated carbocycles. The van der Waals surface area contributed by atoms with Gasteiger partial charge in [-0.15, -0.1) is 11.3 Å². The summed E-state index contributed by atoms with van der Waals surface area (Å²) in [5.41, 5.74) is 2.41. The van der Waals surface area contributed by atoms with Crippen molar-refractivity contribution in [2.24, 2.45) is 0 Å². The molecule has 0 unspecified atom stereocenters. The maximum atomic E-state index is 8.88. The summed E-state index contributed by atoms with van der Waals surface area (Å²) in [6.45, 7) is 4.53. The lowest BCUT2D eigenvalue weighted by molar-refractivity contribution is 0.201. The molecule has 1 aromatic rings. The molecule has 3 nitrogen and oxygen atoms in total. The first-order chi connectivity index (χ1) is 6.06. The standard InChI is InChI=1S/C9H13N3S/c1-9(2,6-10)12(3)4-8-5-13-7-11-8/h5,7H,4H2,1-3H3. The number of hydrogen-bond acceptors (Lipinski definition) is 4. The van der Waals surface area contributed by atoms with Crippen LogP contribution in [0, 0.1) is 11.3 Å². The maximum Gasteiger partial charge on any atom is 0.103 e. The van der Waals surface area contributed by atoms with Gasteiger partial charge in [0.25, 0.3) is 0 Å². The van der Waals surface area contributed by atoms with Crippen LogP contribution in [-0.4, -0.2) is 22.5 Å². The van der Waals surface area contributed by atoms with Crippen LogP contribution in [0.3, 0.4) is 0 Å². The van der Waals surface area contributed by atoms with E-state index in [4.69, 9.17) is 5.26 Å². The third-order valence-corrected chi connectivity index (χ3v) is 2.75. The minimum absolute atomic E-state index is 0.427. The third kappa shape index (κ3) is 2.51. The molecule has 70 valence electrons. The summed E-state index contributed by atoms with van der Waals surface area (Å²) in [5, 5.41) is 10.9. The van der Waals surface area contributed by atoms with Crippen LogP contribution in [0.15, 0.2) is 10.9 Å². The zero-order valence-electron chi connectivity index (χ0n) is 8.11. The quantitative estimate of drug-likeness (QED) is 0.739. The van der Waals surface area contributed by atoms with Crippen LogP contribution in [0.4, 0.5) is 0 Å². The molecular formula is C9H13N3S. The number of thiazole rings is 1. The Balaban J connectivity index is 2.62. The molecule has 0 saturated heterocycles. The zero-order chi connectivity index (χ0) is 9.90. The van der Waals surface area contributed by atoms with Crippen LogP contribution in [-0.2, 0) is 6.54 Å². The van der Waals surface area contributed by atoms with Gasteiger partial charge in [-0.2, -0.15) is 5.26 Å². The molecule has 1 heterocycles. The van der Waals surface area contributed by atoms with Crippen LogP contribution in [0.2, 0.25) is 0 Å². The number of aromatic nitrogens is 1. The topological polar surface area (TPSA) is 39.9 Å². The minimum atomic E-state index is -0.427. The molecule has 0 aromatic carbocycles. The average Bonchev–Trinajstić information content (AvgIpc) is 2.57. The van der Waals surface area contributed by atoms with Gasteiger partial charge < -0.3 is 0 Å². The van der Waals surface area contributed by atoms with E-state index >= 15 is 0 Å². The maximum absolute atomic E-state index is 8.88. The number of nitrogens with zero attached hydrogens (tertiary/aromatic N) is 3. The molecule has 0 amide bonds. The van der Waals surface area contributed by atoms with Crippen molar-refractivity contribution in [1.82, 2.24) is 9.88 Å². The van der Waals surface area contributed by atoms with E-state index in [1.54, 1.807) is 11.3 Å². The fraction of sp³-hybridized carbons (Fsp3) is 0.556. The molecule has 0 fully saturated rings. The van der Waals surface area contributed by atoms with Gasteiger partial charge in [0, 0.05) is 11.9 Å². The summed E-state index contributed by atoms with van der Waals surface area (Å²) in [5.74, 6) is 0. The molecule has 0 atom stereocenters. The molecule has 0 aliphatic carbocycles. The third-order valence-electron chi connectivity index (χ3n) is 2.11. The van der Waals surface area contributed by atoms with Crippen molar-refractivity contribution < 1.29 is 0 Å². The Hall–Kier alpha value is -0.920. The van der Waals surface area contributed by atoms with Crippen molar-refractivity contribution in [2.45, 2.75) is 25.9 Å². The number of nitriles is 1. The van der Waals surface area contributed by atoms with Crippen LogP contribution in [0.5, 0.6) is 0 Å². The van der Waals surface area contributed by atoms with Gasteiger partial charge in [0.2, 0.25) is 0 Å². The predicted molar refractivity (Wildman–Crippen MR) is 53.3 cm³/mol. The van der Waals surface area contributed by atoms with Crippen molar-refractivity contribution in [2.75, 3.05) is 7.05 Å². The van der Waals surface area contributed by atoms with Gasteiger partial charge in [0.05, 0.1) is 17.3 Å². The minimum Gasteiger partial charge on any atom is -0.283 e. The second-order valence-electron chi connectivity index (χ2n) is 3.51. The first-order valence-corrected chi connectivity index (χ1v) is 5.00. The van der Waals surface area contributed by atoms with Gasteiger partial charge in [0.1, 0.15) is 5.54 Å². The highest BCUT2D eigenvalue weighted by molar-refractivity contribution is 7.07. The SMILES string of the molecule is CN(Cc1cscn1)C(C)(C)C#N. The normalized spacial score (nSPS) is 11.6. The Morgan fingerprint density at radius 1 is 1.69 bits per heavy atom.